The van der Waals surface area contributed by atoms with Crippen LogP contribution in [0.2, 0.25) is 0 Å². The van der Waals surface area contributed by atoms with Crippen LogP contribution in [0.3, 0.4) is 0 Å². The number of ether oxygens (including phenoxy) is 1. The Morgan fingerprint density at radius 2 is 2.19 bits per heavy atom. The average molecular weight is 319 g/mol. The van der Waals surface area contributed by atoms with Crippen LogP contribution in [-0.4, -0.2) is 49.7 Å². The van der Waals surface area contributed by atoms with Crippen molar-refractivity contribution in [3.8, 4) is 0 Å². The summed E-state index contributed by atoms with van der Waals surface area (Å²) in [4.78, 5) is 14.2. The van der Waals surface area contributed by atoms with Gasteiger partial charge in [-0.25, -0.2) is 0 Å². The molecule has 0 aromatic heterocycles. The van der Waals surface area contributed by atoms with Gasteiger partial charge >= 0.3 is 0 Å². The van der Waals surface area contributed by atoms with E-state index in [-0.39, 0.29) is 18.5 Å². The summed E-state index contributed by atoms with van der Waals surface area (Å²) < 4.78 is 5.87. The quantitative estimate of drug-likeness (QED) is 0.784. The maximum atomic E-state index is 12.2. The van der Waals surface area contributed by atoms with Crippen LogP contribution in [0, 0.1) is 11.8 Å². The van der Waals surface area contributed by atoms with E-state index in [0.717, 1.165) is 52.0 Å². The normalized spacial score (nSPS) is 25.4. The van der Waals surface area contributed by atoms with E-state index >= 15 is 0 Å². The van der Waals surface area contributed by atoms with E-state index in [0.29, 0.717) is 24.2 Å². The fourth-order valence-electron chi connectivity index (χ4n) is 3.01. The lowest BCUT2D eigenvalue weighted by molar-refractivity contribution is -0.131. The molecule has 2 saturated heterocycles. The van der Waals surface area contributed by atoms with Gasteiger partial charge in [-0.3, -0.25) is 4.79 Å². The molecule has 0 aromatic rings. The zero-order valence-electron chi connectivity index (χ0n) is 13.5. The predicted molar refractivity (Wildman–Crippen MR) is 87.9 cm³/mol. The molecule has 0 saturated carbocycles. The van der Waals surface area contributed by atoms with E-state index in [1.807, 2.05) is 4.90 Å². The zero-order chi connectivity index (χ0) is 14.4. The Bertz CT molecular complexity index is 307. The molecule has 124 valence electrons. The van der Waals surface area contributed by atoms with E-state index < -0.39 is 0 Å². The van der Waals surface area contributed by atoms with Gasteiger partial charge in [0.1, 0.15) is 0 Å². The molecule has 0 radical (unpaired) electrons. The second-order valence-electron chi connectivity index (χ2n) is 6.70. The lowest BCUT2D eigenvalue weighted by atomic mass is 10.0. The molecule has 2 fully saturated rings. The first kappa shape index (κ1) is 18.7. The molecule has 1 amide bonds. The third-order valence-electron chi connectivity index (χ3n) is 4.48. The molecule has 0 aromatic carbocycles. The molecule has 2 atom stereocenters. The molecule has 2 heterocycles. The van der Waals surface area contributed by atoms with Gasteiger partial charge in [0.2, 0.25) is 5.91 Å². The van der Waals surface area contributed by atoms with E-state index in [2.05, 4.69) is 19.2 Å². The summed E-state index contributed by atoms with van der Waals surface area (Å²) in [6, 6.07) is 0. The number of carbonyl (C=O) groups excluding carboxylic acids is 1. The Labute approximate surface area is 135 Å². The first-order chi connectivity index (χ1) is 9.65. The van der Waals surface area contributed by atoms with E-state index in [1.165, 1.54) is 6.42 Å². The predicted octanol–water partition coefficient (Wildman–Crippen LogP) is 2.46. The molecular formula is C16H31ClN2O2. The van der Waals surface area contributed by atoms with Crippen molar-refractivity contribution < 1.29 is 9.53 Å². The van der Waals surface area contributed by atoms with E-state index in [1.54, 1.807) is 0 Å². The van der Waals surface area contributed by atoms with Crippen molar-refractivity contribution in [1.82, 2.24) is 10.2 Å². The van der Waals surface area contributed by atoms with Gasteiger partial charge in [0, 0.05) is 26.1 Å². The van der Waals surface area contributed by atoms with Crippen LogP contribution in [0.1, 0.15) is 46.0 Å². The summed E-state index contributed by atoms with van der Waals surface area (Å²) in [7, 11) is 0. The Hall–Kier alpha value is -0.320. The number of carbonyl (C=O) groups is 1. The highest BCUT2D eigenvalue weighted by Crippen LogP contribution is 2.18. The number of likely N-dealkylation sites (tertiary alicyclic amines) is 1. The van der Waals surface area contributed by atoms with Crippen molar-refractivity contribution >= 4 is 18.3 Å². The molecule has 2 aliphatic heterocycles. The van der Waals surface area contributed by atoms with Crippen LogP contribution in [0.5, 0.6) is 0 Å². The van der Waals surface area contributed by atoms with Gasteiger partial charge in [-0.1, -0.05) is 13.8 Å². The van der Waals surface area contributed by atoms with Crippen LogP contribution >= 0.6 is 12.4 Å². The summed E-state index contributed by atoms with van der Waals surface area (Å²) in [5.41, 5.74) is 0. The van der Waals surface area contributed by atoms with Gasteiger partial charge in [-0.2, -0.15) is 0 Å². The van der Waals surface area contributed by atoms with Gasteiger partial charge in [-0.05, 0) is 50.6 Å². The summed E-state index contributed by atoms with van der Waals surface area (Å²) in [5, 5.41) is 3.36. The van der Waals surface area contributed by atoms with Crippen molar-refractivity contribution in [2.45, 2.75) is 52.1 Å². The molecule has 0 bridgehead atoms. The van der Waals surface area contributed by atoms with Gasteiger partial charge in [0.25, 0.3) is 0 Å². The number of amides is 1. The lowest BCUT2D eigenvalue weighted by Crippen LogP contribution is -2.30. The molecule has 21 heavy (non-hydrogen) atoms. The van der Waals surface area contributed by atoms with Crippen LogP contribution in [0.4, 0.5) is 0 Å². The van der Waals surface area contributed by atoms with Crippen molar-refractivity contribution in [2.24, 2.45) is 11.8 Å². The van der Waals surface area contributed by atoms with Crippen LogP contribution in [0.15, 0.2) is 0 Å². The number of rotatable bonds is 7. The fourth-order valence-corrected chi connectivity index (χ4v) is 3.01. The summed E-state index contributed by atoms with van der Waals surface area (Å²) in [6.07, 6.45) is 5.37. The molecular weight excluding hydrogens is 288 g/mol. The van der Waals surface area contributed by atoms with Crippen LogP contribution in [-0.2, 0) is 9.53 Å². The Morgan fingerprint density at radius 1 is 1.38 bits per heavy atom. The molecule has 5 heteroatoms. The molecule has 1 N–H and O–H groups in total. The Morgan fingerprint density at radius 3 is 2.86 bits per heavy atom. The minimum atomic E-state index is 0. The number of hydrogen-bond donors (Lipinski definition) is 1. The summed E-state index contributed by atoms with van der Waals surface area (Å²) in [5.74, 6) is 1.72. The van der Waals surface area contributed by atoms with Gasteiger partial charge in [-0.15, -0.1) is 12.4 Å². The lowest BCUT2D eigenvalue weighted by Gasteiger charge is -2.18. The van der Waals surface area contributed by atoms with Gasteiger partial charge in [0.05, 0.1) is 6.10 Å². The standard InChI is InChI=1S/C16H30N2O2.ClH/c1-13(2)7-10-20-15-6-9-18(12-15)16(19)4-3-14-5-8-17-11-14;/h13-15,17H,3-12H2,1-2H3;1H. The molecule has 0 aliphatic carbocycles. The highest BCUT2D eigenvalue weighted by Gasteiger charge is 2.27. The highest BCUT2D eigenvalue weighted by atomic mass is 35.5. The molecule has 2 aliphatic rings. The largest absolute Gasteiger partial charge is 0.376 e. The Kier molecular flexibility index (Phi) is 8.60. The van der Waals surface area contributed by atoms with E-state index in [9.17, 15) is 4.79 Å². The zero-order valence-corrected chi connectivity index (χ0v) is 14.3. The first-order valence-corrected chi connectivity index (χ1v) is 8.25. The number of nitrogens with zero attached hydrogens (tertiary/aromatic N) is 1. The first-order valence-electron chi connectivity index (χ1n) is 8.25. The van der Waals surface area contributed by atoms with Gasteiger partial charge < -0.3 is 15.0 Å². The maximum absolute atomic E-state index is 12.2. The summed E-state index contributed by atoms with van der Waals surface area (Å²) in [6.45, 7) is 9.16. The van der Waals surface area contributed by atoms with Crippen molar-refractivity contribution in [3.05, 3.63) is 0 Å². The number of nitrogens with one attached hydrogen (secondary N) is 1. The summed E-state index contributed by atoms with van der Waals surface area (Å²) >= 11 is 0. The Balaban J connectivity index is 0.00000220. The fraction of sp³-hybridized carbons (Fsp3) is 0.938. The maximum Gasteiger partial charge on any atom is 0.222 e. The highest BCUT2D eigenvalue weighted by molar-refractivity contribution is 5.85. The molecule has 4 nitrogen and oxygen atoms in total. The SMILES string of the molecule is CC(C)CCOC1CCN(C(=O)CCC2CCNC2)C1.Cl. The average Bonchev–Trinajstić information content (AvgIpc) is 3.06. The van der Waals surface area contributed by atoms with Crippen molar-refractivity contribution in [3.63, 3.8) is 0 Å². The topological polar surface area (TPSA) is 41.6 Å². The van der Waals surface area contributed by atoms with E-state index in [4.69, 9.17) is 4.74 Å². The number of halogens is 1. The van der Waals surface area contributed by atoms with Gasteiger partial charge in [0.15, 0.2) is 0 Å². The smallest absolute Gasteiger partial charge is 0.222 e. The second-order valence-corrected chi connectivity index (χ2v) is 6.70. The number of hydrogen-bond acceptors (Lipinski definition) is 3. The van der Waals surface area contributed by atoms with Crippen LogP contribution < -0.4 is 5.32 Å². The minimum Gasteiger partial charge on any atom is -0.376 e. The van der Waals surface area contributed by atoms with Crippen molar-refractivity contribution in [2.75, 3.05) is 32.8 Å². The second kappa shape index (κ2) is 9.65. The monoisotopic (exact) mass is 318 g/mol. The molecule has 2 rings (SSSR count). The molecule has 0 spiro atoms. The molecule has 2 unspecified atom stereocenters. The minimum absolute atomic E-state index is 0. The third kappa shape index (κ3) is 6.54. The van der Waals surface area contributed by atoms with Crippen LogP contribution in [0.25, 0.3) is 0 Å². The third-order valence-corrected chi connectivity index (χ3v) is 4.48. The van der Waals surface area contributed by atoms with Crippen molar-refractivity contribution in [1.29, 1.82) is 0 Å².